The van der Waals surface area contributed by atoms with Crippen molar-refractivity contribution in [2.75, 3.05) is 13.1 Å². The van der Waals surface area contributed by atoms with E-state index in [0.29, 0.717) is 35.3 Å². The van der Waals surface area contributed by atoms with Crippen LogP contribution >= 0.6 is 11.6 Å². The molecular formula is C15H19ClN4O. The molecule has 0 saturated carbocycles. The van der Waals surface area contributed by atoms with Crippen molar-refractivity contribution in [2.24, 2.45) is 11.7 Å². The third kappa shape index (κ3) is 3.26. The highest BCUT2D eigenvalue weighted by Gasteiger charge is 2.29. The lowest BCUT2D eigenvalue weighted by molar-refractivity contribution is 0.230. The van der Waals surface area contributed by atoms with Crippen LogP contribution < -0.4 is 5.73 Å². The molecule has 2 N–H and O–H groups in total. The normalized spacial score (nSPS) is 22.8. The summed E-state index contributed by atoms with van der Waals surface area (Å²) < 4.78 is 5.75. The van der Waals surface area contributed by atoms with Gasteiger partial charge in [-0.05, 0) is 50.1 Å². The molecule has 112 valence electrons. The second kappa shape index (κ2) is 6.13. The minimum Gasteiger partial charge on any atom is -0.419 e. The highest BCUT2D eigenvalue weighted by molar-refractivity contribution is 6.30. The number of hydrogen-bond donors (Lipinski definition) is 1. The van der Waals surface area contributed by atoms with Crippen molar-refractivity contribution in [3.8, 4) is 11.5 Å². The lowest BCUT2D eigenvalue weighted by Gasteiger charge is -2.18. The molecule has 21 heavy (non-hydrogen) atoms. The third-order valence-corrected chi connectivity index (χ3v) is 4.27. The van der Waals surface area contributed by atoms with Crippen LogP contribution in [0, 0.1) is 5.92 Å². The van der Waals surface area contributed by atoms with E-state index in [4.69, 9.17) is 21.8 Å². The maximum atomic E-state index is 5.88. The fourth-order valence-electron chi connectivity index (χ4n) is 2.81. The SMILES string of the molecule is CC1CC(CN)CN1Cc1nnc(-c2ccc(Cl)cc2)o1. The molecule has 5 nitrogen and oxygen atoms in total. The van der Waals surface area contributed by atoms with Gasteiger partial charge in [0.1, 0.15) is 0 Å². The first-order valence-corrected chi connectivity index (χ1v) is 7.56. The van der Waals surface area contributed by atoms with Gasteiger partial charge in [-0.3, -0.25) is 4.90 Å². The van der Waals surface area contributed by atoms with E-state index < -0.39 is 0 Å². The Morgan fingerprint density at radius 1 is 1.33 bits per heavy atom. The van der Waals surface area contributed by atoms with Crippen LogP contribution in [0.25, 0.3) is 11.5 Å². The Kier molecular flexibility index (Phi) is 4.24. The minimum absolute atomic E-state index is 0.504. The first-order chi connectivity index (χ1) is 10.2. The van der Waals surface area contributed by atoms with Gasteiger partial charge < -0.3 is 10.2 Å². The van der Waals surface area contributed by atoms with E-state index in [0.717, 1.165) is 25.1 Å². The number of hydrogen-bond acceptors (Lipinski definition) is 5. The van der Waals surface area contributed by atoms with E-state index in [-0.39, 0.29) is 0 Å². The number of nitrogens with zero attached hydrogens (tertiary/aromatic N) is 3. The van der Waals surface area contributed by atoms with E-state index in [9.17, 15) is 0 Å². The summed E-state index contributed by atoms with van der Waals surface area (Å²) >= 11 is 5.88. The Morgan fingerprint density at radius 2 is 2.10 bits per heavy atom. The first kappa shape index (κ1) is 14.5. The van der Waals surface area contributed by atoms with Crippen LogP contribution in [0.5, 0.6) is 0 Å². The van der Waals surface area contributed by atoms with Gasteiger partial charge in [0.25, 0.3) is 0 Å². The van der Waals surface area contributed by atoms with Crippen LogP contribution in [0.1, 0.15) is 19.2 Å². The molecule has 2 unspecified atom stereocenters. The van der Waals surface area contributed by atoms with Crippen LogP contribution in [0.3, 0.4) is 0 Å². The number of aromatic nitrogens is 2. The molecule has 1 fully saturated rings. The molecule has 6 heteroatoms. The average molecular weight is 307 g/mol. The molecule has 0 bridgehead atoms. The molecule has 0 amide bonds. The molecule has 1 aliphatic heterocycles. The zero-order chi connectivity index (χ0) is 14.8. The van der Waals surface area contributed by atoms with Gasteiger partial charge in [-0.25, -0.2) is 0 Å². The Labute approximate surface area is 129 Å². The van der Waals surface area contributed by atoms with E-state index >= 15 is 0 Å². The molecule has 1 aromatic heterocycles. The number of rotatable bonds is 4. The Balaban J connectivity index is 1.69. The molecule has 0 spiro atoms. The summed E-state index contributed by atoms with van der Waals surface area (Å²) in [6.45, 7) is 4.63. The molecule has 2 heterocycles. The lowest BCUT2D eigenvalue weighted by Crippen LogP contribution is -2.27. The van der Waals surface area contributed by atoms with Crippen molar-refractivity contribution in [3.05, 3.63) is 35.2 Å². The maximum absolute atomic E-state index is 5.88. The summed E-state index contributed by atoms with van der Waals surface area (Å²) in [5.74, 6) is 1.74. The number of halogens is 1. The summed E-state index contributed by atoms with van der Waals surface area (Å²) in [4.78, 5) is 2.34. The van der Waals surface area contributed by atoms with Crippen molar-refractivity contribution in [1.29, 1.82) is 0 Å². The third-order valence-electron chi connectivity index (χ3n) is 4.02. The van der Waals surface area contributed by atoms with E-state index in [2.05, 4.69) is 22.0 Å². The van der Waals surface area contributed by atoms with E-state index in [1.807, 2.05) is 24.3 Å². The van der Waals surface area contributed by atoms with Gasteiger partial charge in [0.05, 0.1) is 6.54 Å². The summed E-state index contributed by atoms with van der Waals surface area (Å²) in [7, 11) is 0. The second-order valence-electron chi connectivity index (χ2n) is 5.62. The fraction of sp³-hybridized carbons (Fsp3) is 0.467. The predicted molar refractivity (Wildman–Crippen MR) is 81.8 cm³/mol. The molecule has 1 aliphatic rings. The van der Waals surface area contributed by atoms with Crippen molar-refractivity contribution >= 4 is 11.6 Å². The Bertz CT molecular complexity index is 598. The van der Waals surface area contributed by atoms with Crippen LogP contribution in [-0.2, 0) is 6.54 Å². The standard InChI is InChI=1S/C15H19ClN4O/c1-10-6-11(7-17)8-20(10)9-14-18-19-15(21-14)12-2-4-13(16)5-3-12/h2-5,10-11H,6-9,17H2,1H3. The van der Waals surface area contributed by atoms with Crippen LogP contribution in [0.4, 0.5) is 0 Å². The van der Waals surface area contributed by atoms with E-state index in [1.54, 1.807) is 0 Å². The first-order valence-electron chi connectivity index (χ1n) is 7.18. The van der Waals surface area contributed by atoms with Gasteiger partial charge in [0, 0.05) is 23.2 Å². The van der Waals surface area contributed by atoms with Crippen LogP contribution in [0.15, 0.2) is 28.7 Å². The Morgan fingerprint density at radius 3 is 2.76 bits per heavy atom. The largest absolute Gasteiger partial charge is 0.419 e. The zero-order valence-corrected chi connectivity index (χ0v) is 12.8. The van der Waals surface area contributed by atoms with Crippen molar-refractivity contribution < 1.29 is 4.42 Å². The smallest absolute Gasteiger partial charge is 0.247 e. The van der Waals surface area contributed by atoms with Crippen molar-refractivity contribution in [2.45, 2.75) is 25.9 Å². The topological polar surface area (TPSA) is 68.2 Å². The molecular weight excluding hydrogens is 288 g/mol. The van der Waals surface area contributed by atoms with Gasteiger partial charge >= 0.3 is 0 Å². The van der Waals surface area contributed by atoms with Crippen LogP contribution in [-0.4, -0.2) is 34.2 Å². The quantitative estimate of drug-likeness (QED) is 0.940. The molecule has 1 aromatic carbocycles. The highest BCUT2D eigenvalue weighted by Crippen LogP contribution is 2.25. The molecule has 0 aliphatic carbocycles. The number of likely N-dealkylation sites (tertiary alicyclic amines) is 1. The number of benzene rings is 1. The maximum Gasteiger partial charge on any atom is 0.247 e. The highest BCUT2D eigenvalue weighted by atomic mass is 35.5. The predicted octanol–water partition coefficient (Wildman–Crippen LogP) is 2.56. The second-order valence-corrected chi connectivity index (χ2v) is 6.06. The van der Waals surface area contributed by atoms with Crippen LogP contribution in [0.2, 0.25) is 5.02 Å². The van der Waals surface area contributed by atoms with Gasteiger partial charge in [-0.15, -0.1) is 10.2 Å². The molecule has 3 rings (SSSR count). The van der Waals surface area contributed by atoms with Crippen molar-refractivity contribution in [1.82, 2.24) is 15.1 Å². The van der Waals surface area contributed by atoms with Gasteiger partial charge in [0.2, 0.25) is 11.8 Å². The van der Waals surface area contributed by atoms with Gasteiger partial charge in [0.15, 0.2) is 0 Å². The monoisotopic (exact) mass is 306 g/mol. The lowest BCUT2D eigenvalue weighted by atomic mass is 10.1. The van der Waals surface area contributed by atoms with Gasteiger partial charge in [-0.2, -0.15) is 0 Å². The van der Waals surface area contributed by atoms with E-state index in [1.165, 1.54) is 0 Å². The van der Waals surface area contributed by atoms with Gasteiger partial charge in [-0.1, -0.05) is 11.6 Å². The summed E-state index contributed by atoms with van der Waals surface area (Å²) in [6.07, 6.45) is 1.13. The molecule has 0 radical (unpaired) electrons. The minimum atomic E-state index is 0.504. The average Bonchev–Trinajstić information content (AvgIpc) is 3.08. The molecule has 2 aromatic rings. The zero-order valence-electron chi connectivity index (χ0n) is 12.0. The fourth-order valence-corrected chi connectivity index (χ4v) is 2.94. The summed E-state index contributed by atoms with van der Waals surface area (Å²) in [5.41, 5.74) is 6.64. The summed E-state index contributed by atoms with van der Waals surface area (Å²) in [5, 5.41) is 8.94. The molecule has 2 atom stereocenters. The molecule has 1 saturated heterocycles. The summed E-state index contributed by atoms with van der Waals surface area (Å²) in [6, 6.07) is 7.89. The Hall–Kier alpha value is -1.43. The van der Waals surface area contributed by atoms with Crippen molar-refractivity contribution in [3.63, 3.8) is 0 Å². The number of nitrogens with two attached hydrogens (primary N) is 1.